The number of Topliss-reactive ketones (excluding diaryl/α,β-unsaturated/α-hetero) is 1. The lowest BCUT2D eigenvalue weighted by atomic mass is 9.99. The van der Waals surface area contributed by atoms with Crippen molar-refractivity contribution in [2.75, 3.05) is 5.75 Å². The van der Waals surface area contributed by atoms with E-state index in [4.69, 9.17) is 0 Å². The smallest absolute Gasteiger partial charge is 0.235 e. The molecule has 0 aliphatic carbocycles. The van der Waals surface area contributed by atoms with E-state index in [1.165, 1.54) is 23.2 Å². The fourth-order valence-corrected chi connectivity index (χ4v) is 2.53. The van der Waals surface area contributed by atoms with Gasteiger partial charge in [-0.1, -0.05) is 11.9 Å². The van der Waals surface area contributed by atoms with Gasteiger partial charge in [-0.3, -0.25) is 4.79 Å². The molecule has 0 unspecified atom stereocenters. The summed E-state index contributed by atoms with van der Waals surface area (Å²) in [5.41, 5.74) is -0.829. The number of nitrogens with zero attached hydrogens (tertiary/aromatic N) is 1. The Bertz CT molecular complexity index is 227. The zero-order valence-electron chi connectivity index (χ0n) is 8.07. The zero-order chi connectivity index (χ0) is 10.3. The third kappa shape index (κ3) is 1.88. The molecular formula is C8H15NO3S. The van der Waals surface area contributed by atoms with E-state index in [9.17, 15) is 15.0 Å². The van der Waals surface area contributed by atoms with Gasteiger partial charge < -0.3 is 10.2 Å². The summed E-state index contributed by atoms with van der Waals surface area (Å²) in [6, 6.07) is 0. The first-order valence-corrected chi connectivity index (χ1v) is 5.12. The predicted molar refractivity (Wildman–Crippen MR) is 50.8 cm³/mol. The van der Waals surface area contributed by atoms with E-state index in [0.29, 0.717) is 5.75 Å². The van der Waals surface area contributed by atoms with Crippen LogP contribution >= 0.6 is 11.9 Å². The number of hydrogen-bond donors (Lipinski definition) is 2. The fourth-order valence-electron chi connectivity index (χ4n) is 1.23. The summed E-state index contributed by atoms with van der Waals surface area (Å²) in [7, 11) is 0. The molecule has 1 aliphatic rings. The monoisotopic (exact) mass is 205 g/mol. The summed E-state index contributed by atoms with van der Waals surface area (Å²) < 4.78 is 1.36. The van der Waals surface area contributed by atoms with Crippen LogP contribution in [0.3, 0.4) is 0 Å². The van der Waals surface area contributed by atoms with E-state index >= 15 is 0 Å². The van der Waals surface area contributed by atoms with Crippen molar-refractivity contribution in [1.29, 1.82) is 0 Å². The van der Waals surface area contributed by atoms with Crippen molar-refractivity contribution in [1.82, 2.24) is 4.31 Å². The van der Waals surface area contributed by atoms with Crippen molar-refractivity contribution in [3.63, 3.8) is 0 Å². The molecule has 1 aliphatic heterocycles. The maximum absolute atomic E-state index is 11.3. The Balaban J connectivity index is 2.88. The molecule has 0 aromatic heterocycles. The lowest BCUT2D eigenvalue weighted by molar-refractivity contribution is -0.241. The van der Waals surface area contributed by atoms with Gasteiger partial charge in [0.15, 0.2) is 5.78 Å². The molecule has 5 heteroatoms. The lowest BCUT2D eigenvalue weighted by Gasteiger charge is -2.38. The first-order chi connectivity index (χ1) is 5.78. The number of rotatable bonds is 2. The van der Waals surface area contributed by atoms with Gasteiger partial charge in [-0.25, -0.2) is 0 Å². The lowest BCUT2D eigenvalue weighted by Crippen LogP contribution is -2.55. The van der Waals surface area contributed by atoms with Crippen molar-refractivity contribution in [2.24, 2.45) is 0 Å². The minimum atomic E-state index is -1.85. The number of carbonyl (C=O) groups is 1. The van der Waals surface area contributed by atoms with Gasteiger partial charge in [0, 0.05) is 12.2 Å². The minimum Gasteiger partial charge on any atom is -0.353 e. The summed E-state index contributed by atoms with van der Waals surface area (Å²) in [6.45, 7) is 4.83. The van der Waals surface area contributed by atoms with Crippen LogP contribution in [0.2, 0.25) is 0 Å². The number of hydrogen-bond acceptors (Lipinski definition) is 5. The van der Waals surface area contributed by atoms with Crippen molar-refractivity contribution < 1.29 is 15.0 Å². The standard InChI is InChI=1S/C8H15NO3S/c1-6(10)7(2,3)9-8(11,12)4-5-13-9/h11-12H,4-5H2,1-3H3. The maximum Gasteiger partial charge on any atom is 0.235 e. The highest BCUT2D eigenvalue weighted by Gasteiger charge is 2.48. The van der Waals surface area contributed by atoms with Crippen LogP contribution in [0.1, 0.15) is 27.2 Å². The highest BCUT2D eigenvalue weighted by atomic mass is 32.2. The molecule has 0 atom stereocenters. The highest BCUT2D eigenvalue weighted by molar-refractivity contribution is 7.97. The van der Waals surface area contributed by atoms with Crippen LogP contribution in [0.5, 0.6) is 0 Å². The second-order valence-corrected chi connectivity index (χ2v) is 4.80. The molecule has 76 valence electrons. The average Bonchev–Trinajstić information content (AvgIpc) is 2.29. The molecule has 0 spiro atoms. The first kappa shape index (κ1) is 11.0. The summed E-state index contributed by atoms with van der Waals surface area (Å²) >= 11 is 1.30. The molecule has 2 N–H and O–H groups in total. The summed E-state index contributed by atoms with van der Waals surface area (Å²) in [4.78, 5) is 11.3. The summed E-state index contributed by atoms with van der Waals surface area (Å²) in [6.07, 6.45) is 0.272. The largest absolute Gasteiger partial charge is 0.353 e. The Labute approximate surface area is 82.1 Å². The molecule has 0 saturated carbocycles. The van der Waals surface area contributed by atoms with E-state index in [1.54, 1.807) is 13.8 Å². The highest BCUT2D eigenvalue weighted by Crippen LogP contribution is 2.39. The second-order valence-electron chi connectivity index (χ2n) is 3.77. The number of aliphatic hydroxyl groups is 2. The molecule has 1 rings (SSSR count). The van der Waals surface area contributed by atoms with E-state index in [0.717, 1.165) is 0 Å². The third-order valence-corrected chi connectivity index (χ3v) is 3.75. The molecule has 1 heterocycles. The van der Waals surface area contributed by atoms with Crippen molar-refractivity contribution in [3.8, 4) is 0 Å². The Morgan fingerprint density at radius 2 is 2.08 bits per heavy atom. The van der Waals surface area contributed by atoms with Crippen LogP contribution < -0.4 is 0 Å². The molecule has 0 bridgehead atoms. The topological polar surface area (TPSA) is 60.8 Å². The van der Waals surface area contributed by atoms with Gasteiger partial charge in [0.2, 0.25) is 5.91 Å². The summed E-state index contributed by atoms with van der Waals surface area (Å²) in [5, 5.41) is 19.1. The van der Waals surface area contributed by atoms with Gasteiger partial charge in [-0.15, -0.1) is 0 Å². The molecule has 13 heavy (non-hydrogen) atoms. The summed E-state index contributed by atoms with van der Waals surface area (Å²) in [5.74, 6) is -1.29. The van der Waals surface area contributed by atoms with Gasteiger partial charge in [0.05, 0.1) is 5.54 Å². The number of carbonyl (C=O) groups excluding carboxylic acids is 1. The quantitative estimate of drug-likeness (QED) is 0.503. The normalized spacial score (nSPS) is 23.5. The van der Waals surface area contributed by atoms with Gasteiger partial charge in [-0.05, 0) is 20.8 Å². The maximum atomic E-state index is 11.3. The van der Waals surface area contributed by atoms with Crippen LogP contribution in [-0.4, -0.2) is 37.5 Å². The Morgan fingerprint density at radius 1 is 1.54 bits per heavy atom. The molecule has 0 aromatic rings. The SMILES string of the molecule is CC(=O)C(C)(C)N1SCCC1(O)O. The van der Waals surface area contributed by atoms with Gasteiger partial charge in [0.1, 0.15) is 0 Å². The molecule has 0 radical (unpaired) electrons. The molecule has 1 fully saturated rings. The van der Waals surface area contributed by atoms with E-state index in [2.05, 4.69) is 0 Å². The van der Waals surface area contributed by atoms with E-state index in [-0.39, 0.29) is 12.2 Å². The number of ketones is 1. The zero-order valence-corrected chi connectivity index (χ0v) is 8.89. The molecule has 0 aromatic carbocycles. The Morgan fingerprint density at radius 3 is 2.38 bits per heavy atom. The Kier molecular flexibility index (Phi) is 2.73. The van der Waals surface area contributed by atoms with Crippen molar-refractivity contribution >= 4 is 17.7 Å². The Hall–Kier alpha value is -0.100. The first-order valence-electron chi connectivity index (χ1n) is 4.17. The van der Waals surface area contributed by atoms with Crippen LogP contribution in [0.25, 0.3) is 0 Å². The average molecular weight is 205 g/mol. The molecule has 0 amide bonds. The van der Waals surface area contributed by atoms with Crippen molar-refractivity contribution in [3.05, 3.63) is 0 Å². The fraction of sp³-hybridized carbons (Fsp3) is 0.875. The molecular weight excluding hydrogens is 190 g/mol. The molecule has 4 nitrogen and oxygen atoms in total. The van der Waals surface area contributed by atoms with E-state index in [1.807, 2.05) is 0 Å². The van der Waals surface area contributed by atoms with Gasteiger partial charge >= 0.3 is 0 Å². The van der Waals surface area contributed by atoms with Crippen molar-refractivity contribution in [2.45, 2.75) is 38.6 Å². The third-order valence-electron chi connectivity index (χ3n) is 2.35. The van der Waals surface area contributed by atoms with Crippen LogP contribution in [0.4, 0.5) is 0 Å². The second kappa shape index (κ2) is 3.24. The van der Waals surface area contributed by atoms with E-state index < -0.39 is 11.4 Å². The van der Waals surface area contributed by atoms with Gasteiger partial charge in [0.25, 0.3) is 0 Å². The predicted octanol–water partition coefficient (Wildman–Crippen LogP) is 0.346. The minimum absolute atomic E-state index is 0.0747. The van der Waals surface area contributed by atoms with Crippen LogP contribution in [0.15, 0.2) is 0 Å². The van der Waals surface area contributed by atoms with Gasteiger partial charge in [-0.2, -0.15) is 4.31 Å². The van der Waals surface area contributed by atoms with Crippen LogP contribution in [-0.2, 0) is 4.79 Å². The van der Waals surface area contributed by atoms with Crippen LogP contribution in [0, 0.1) is 0 Å². The molecule has 1 saturated heterocycles.